The number of alkyl halides is 3. The first-order chi connectivity index (χ1) is 9.28. The zero-order valence-corrected chi connectivity index (χ0v) is 10.5. The Balaban J connectivity index is 2.19. The van der Waals surface area contributed by atoms with Gasteiger partial charge in [0.1, 0.15) is 0 Å². The van der Waals surface area contributed by atoms with E-state index in [2.05, 4.69) is 5.32 Å². The summed E-state index contributed by atoms with van der Waals surface area (Å²) in [4.78, 5) is 24.6. The van der Waals surface area contributed by atoms with Crippen molar-refractivity contribution in [2.24, 2.45) is 0 Å². The molecule has 20 heavy (non-hydrogen) atoms. The van der Waals surface area contributed by atoms with Crippen molar-refractivity contribution in [3.05, 3.63) is 41.5 Å². The van der Waals surface area contributed by atoms with Crippen molar-refractivity contribution in [2.75, 3.05) is 12.4 Å². The van der Waals surface area contributed by atoms with Gasteiger partial charge in [-0.15, -0.1) is 0 Å². The van der Waals surface area contributed by atoms with Crippen LogP contribution in [0.2, 0.25) is 0 Å². The molecule has 0 bridgehead atoms. The predicted molar refractivity (Wildman–Crippen MR) is 66.1 cm³/mol. The average molecular weight is 284 g/mol. The van der Waals surface area contributed by atoms with Gasteiger partial charge in [-0.05, 0) is 12.1 Å². The molecule has 0 saturated heterocycles. The molecule has 0 unspecified atom stereocenters. The maximum Gasteiger partial charge on any atom is 0.409 e. The zero-order chi connectivity index (χ0) is 14.9. The highest BCUT2D eigenvalue weighted by molar-refractivity contribution is 6.04. The Kier molecular flexibility index (Phi) is 3.52. The minimum atomic E-state index is -4.54. The second-order valence-corrected chi connectivity index (χ2v) is 4.36. The Hall–Kier alpha value is -2.31. The topological polar surface area (TPSA) is 49.4 Å². The molecule has 0 aromatic heterocycles. The van der Waals surface area contributed by atoms with Crippen LogP contribution in [0.25, 0.3) is 0 Å². The van der Waals surface area contributed by atoms with E-state index in [0.29, 0.717) is 29.4 Å². The fraction of sp³-hybridized carbons (Fsp3) is 0.231. The summed E-state index contributed by atoms with van der Waals surface area (Å²) >= 11 is 0. The molecular weight excluding hydrogens is 273 g/mol. The van der Waals surface area contributed by atoms with Crippen LogP contribution in [0.1, 0.15) is 15.9 Å². The number of amides is 2. The van der Waals surface area contributed by atoms with E-state index in [-0.39, 0.29) is 12.0 Å². The number of benzene rings is 1. The number of anilines is 1. The number of rotatable bonds is 2. The summed E-state index contributed by atoms with van der Waals surface area (Å²) < 4.78 is 35.9. The largest absolute Gasteiger partial charge is 0.409 e. The number of nitrogens with zero attached hydrogens (tertiary/aromatic N) is 1. The van der Waals surface area contributed by atoms with Crippen LogP contribution in [0.15, 0.2) is 30.4 Å². The lowest BCUT2D eigenvalue weighted by Crippen LogP contribution is -2.17. The molecule has 4 nitrogen and oxygen atoms in total. The number of halogens is 3. The fourth-order valence-corrected chi connectivity index (χ4v) is 1.93. The van der Waals surface area contributed by atoms with Gasteiger partial charge in [0.05, 0.1) is 0 Å². The van der Waals surface area contributed by atoms with E-state index >= 15 is 0 Å². The van der Waals surface area contributed by atoms with Crippen molar-refractivity contribution in [3.8, 4) is 0 Å². The van der Waals surface area contributed by atoms with Gasteiger partial charge < -0.3 is 10.2 Å². The Bertz CT molecular complexity index is 594. The highest BCUT2D eigenvalue weighted by Gasteiger charge is 2.27. The normalized spacial score (nSPS) is 14.8. The summed E-state index contributed by atoms with van der Waals surface area (Å²) in [5.74, 6) is -1.07. The number of hydrogen-bond acceptors (Lipinski definition) is 2. The maximum absolute atomic E-state index is 12.0. The van der Waals surface area contributed by atoms with Crippen LogP contribution in [0.3, 0.4) is 0 Å². The van der Waals surface area contributed by atoms with Crippen LogP contribution in [0.5, 0.6) is 0 Å². The first kappa shape index (κ1) is 14.1. The fourth-order valence-electron chi connectivity index (χ4n) is 1.93. The number of hydrogen-bond donors (Lipinski definition) is 1. The van der Waals surface area contributed by atoms with Gasteiger partial charge in [0.25, 0.3) is 5.91 Å². The Morgan fingerprint density at radius 2 is 2.10 bits per heavy atom. The second kappa shape index (κ2) is 4.99. The first-order valence-corrected chi connectivity index (χ1v) is 5.72. The van der Waals surface area contributed by atoms with Crippen LogP contribution in [-0.2, 0) is 11.3 Å². The minimum Gasteiger partial charge on any atom is -0.337 e. The number of nitrogens with one attached hydrogen (secondary N) is 1. The van der Waals surface area contributed by atoms with Gasteiger partial charge in [-0.2, -0.15) is 13.2 Å². The quantitative estimate of drug-likeness (QED) is 0.847. The van der Waals surface area contributed by atoms with Gasteiger partial charge >= 0.3 is 6.18 Å². The number of carbonyl (C=O) groups excluding carboxylic acids is 2. The van der Waals surface area contributed by atoms with Gasteiger partial charge in [-0.3, -0.25) is 9.59 Å². The molecule has 7 heteroatoms. The third kappa shape index (κ3) is 2.98. The number of allylic oxidation sites excluding steroid dienone is 1. The van der Waals surface area contributed by atoms with E-state index in [0.717, 1.165) is 0 Å². The molecule has 1 aromatic carbocycles. The third-order valence-electron chi connectivity index (χ3n) is 2.83. The molecule has 0 spiro atoms. The van der Waals surface area contributed by atoms with E-state index in [1.165, 1.54) is 4.90 Å². The third-order valence-corrected chi connectivity index (χ3v) is 2.83. The number of carbonyl (C=O) groups is 2. The molecular formula is C13H11F3N2O2. The van der Waals surface area contributed by atoms with Crippen LogP contribution in [0, 0.1) is 0 Å². The molecule has 1 aliphatic rings. The Morgan fingerprint density at radius 3 is 2.75 bits per heavy atom. The van der Waals surface area contributed by atoms with Crippen LogP contribution in [0.4, 0.5) is 18.9 Å². The van der Waals surface area contributed by atoms with E-state index < -0.39 is 12.1 Å². The van der Waals surface area contributed by atoms with Gasteiger partial charge in [-0.1, -0.05) is 6.07 Å². The van der Waals surface area contributed by atoms with Crippen molar-refractivity contribution >= 4 is 17.5 Å². The molecule has 0 fully saturated rings. The predicted octanol–water partition coefficient (Wildman–Crippen LogP) is 2.33. The Labute approximate surface area is 112 Å². The SMILES string of the molecule is CN1Cc2c(NC(=O)C=CC(F)(F)F)cccc2C1=O. The lowest BCUT2D eigenvalue weighted by atomic mass is 10.1. The second-order valence-electron chi connectivity index (χ2n) is 4.36. The van der Waals surface area contributed by atoms with Gasteiger partial charge in [-0.25, -0.2) is 0 Å². The van der Waals surface area contributed by atoms with E-state index in [1.54, 1.807) is 25.2 Å². The average Bonchev–Trinajstić information content (AvgIpc) is 2.64. The van der Waals surface area contributed by atoms with Gasteiger partial charge in [0.15, 0.2) is 0 Å². The summed E-state index contributed by atoms with van der Waals surface area (Å²) in [6.45, 7) is 0.313. The van der Waals surface area contributed by atoms with Gasteiger partial charge in [0.2, 0.25) is 5.91 Å². The maximum atomic E-state index is 12.0. The number of fused-ring (bicyclic) bond motifs is 1. The molecule has 1 aliphatic heterocycles. The highest BCUT2D eigenvalue weighted by atomic mass is 19.4. The molecule has 1 heterocycles. The van der Waals surface area contributed by atoms with E-state index in [4.69, 9.17) is 0 Å². The van der Waals surface area contributed by atoms with E-state index in [9.17, 15) is 22.8 Å². The Morgan fingerprint density at radius 1 is 1.40 bits per heavy atom. The minimum absolute atomic E-state index is 0.136. The van der Waals surface area contributed by atoms with E-state index in [1.807, 2.05) is 0 Å². The van der Waals surface area contributed by atoms with Crippen molar-refractivity contribution < 1.29 is 22.8 Å². The lowest BCUT2D eigenvalue weighted by molar-refractivity contribution is -0.112. The molecule has 0 radical (unpaired) electrons. The van der Waals surface area contributed by atoms with Crippen LogP contribution >= 0.6 is 0 Å². The smallest absolute Gasteiger partial charge is 0.337 e. The van der Waals surface area contributed by atoms with Gasteiger partial charge in [0, 0.05) is 42.6 Å². The van der Waals surface area contributed by atoms with Crippen molar-refractivity contribution in [2.45, 2.75) is 12.7 Å². The van der Waals surface area contributed by atoms with Crippen molar-refractivity contribution in [1.82, 2.24) is 4.90 Å². The molecule has 0 aliphatic carbocycles. The van der Waals surface area contributed by atoms with Crippen LogP contribution < -0.4 is 5.32 Å². The molecule has 1 N–H and O–H groups in total. The summed E-state index contributed by atoms with van der Waals surface area (Å²) in [6.07, 6.45) is -4.26. The molecule has 1 aromatic rings. The molecule has 0 atom stereocenters. The molecule has 2 amide bonds. The molecule has 0 saturated carbocycles. The van der Waals surface area contributed by atoms with Crippen molar-refractivity contribution in [3.63, 3.8) is 0 Å². The van der Waals surface area contributed by atoms with Crippen molar-refractivity contribution in [1.29, 1.82) is 0 Å². The monoisotopic (exact) mass is 284 g/mol. The summed E-state index contributed by atoms with van der Waals surface area (Å²) in [6, 6.07) is 4.73. The lowest BCUT2D eigenvalue weighted by Gasteiger charge is -2.08. The molecule has 2 rings (SSSR count). The zero-order valence-electron chi connectivity index (χ0n) is 10.5. The summed E-state index contributed by atoms with van der Waals surface area (Å²) in [7, 11) is 1.61. The summed E-state index contributed by atoms with van der Waals surface area (Å²) in [5.41, 5.74) is 1.40. The molecule has 106 valence electrons. The first-order valence-electron chi connectivity index (χ1n) is 5.72. The van der Waals surface area contributed by atoms with Crippen LogP contribution in [-0.4, -0.2) is 29.9 Å². The standard InChI is InChI=1S/C13H11F3N2O2/c1-18-7-9-8(12(18)20)3-2-4-10(9)17-11(19)5-6-13(14,15)16/h2-6H,7H2,1H3,(H,17,19). The summed E-state index contributed by atoms with van der Waals surface area (Å²) in [5, 5.41) is 2.35. The highest BCUT2D eigenvalue weighted by Crippen LogP contribution is 2.28.